The van der Waals surface area contributed by atoms with Crippen LogP contribution in [0.5, 0.6) is 0 Å². The predicted molar refractivity (Wildman–Crippen MR) is 77.9 cm³/mol. The molecule has 0 radical (unpaired) electrons. The standard InChI is InChI=1S/C9H15N3O10P2S.2Na/c10-5-1-2-12(9(25)11-5)8-7(14)6(13)4(21-8)3-20-24(18,19)22-23(15,16)17;;/h1-2,4,6-8,13-14H,3H2,(H,18,19)(H2,10,11,25)(H2,15,16,17);;/q;2*+1/p-2/t4-,6-,7-,8-;;/m1../s1. The number of hydrogen-bond acceptors (Lipinski definition) is 12. The predicted octanol–water partition coefficient (Wildman–Crippen LogP) is -8.22. The Morgan fingerprint density at radius 2 is 1.93 bits per heavy atom. The summed E-state index contributed by atoms with van der Waals surface area (Å²) < 4.78 is 35.6. The van der Waals surface area contributed by atoms with Crippen molar-refractivity contribution in [3.63, 3.8) is 0 Å². The molecule has 1 fully saturated rings. The Bertz CT molecular complexity index is 793. The number of rotatable bonds is 6. The second-order valence-electron chi connectivity index (χ2n) is 4.88. The summed E-state index contributed by atoms with van der Waals surface area (Å²) in [7, 11) is -11.0. The molecule has 2 rings (SSSR count). The summed E-state index contributed by atoms with van der Waals surface area (Å²) in [6.45, 7) is -0.898. The van der Waals surface area contributed by atoms with Gasteiger partial charge in [0.1, 0.15) is 24.1 Å². The Kier molecular flexibility index (Phi) is 11.5. The van der Waals surface area contributed by atoms with Gasteiger partial charge >= 0.3 is 59.1 Å². The van der Waals surface area contributed by atoms with Crippen molar-refractivity contribution < 1.29 is 107 Å². The summed E-state index contributed by atoms with van der Waals surface area (Å²) in [5.74, 6) is 0.115. The summed E-state index contributed by atoms with van der Waals surface area (Å²) in [6, 6.07) is 1.36. The number of anilines is 1. The first-order chi connectivity index (χ1) is 11.4. The number of aliphatic hydroxyl groups excluding tert-OH is 2. The average Bonchev–Trinajstić information content (AvgIpc) is 2.71. The maximum absolute atomic E-state index is 11.2. The van der Waals surface area contributed by atoms with E-state index in [0.29, 0.717) is 0 Å². The van der Waals surface area contributed by atoms with Gasteiger partial charge < -0.3 is 39.9 Å². The minimum atomic E-state index is -5.59. The maximum atomic E-state index is 11.2. The normalized spacial score (nSPS) is 29.1. The molecular weight excluding hydrogens is 450 g/mol. The van der Waals surface area contributed by atoms with Gasteiger partial charge in [-0.25, -0.2) is 9.29 Å². The molecule has 18 heteroatoms. The van der Waals surface area contributed by atoms with Crippen LogP contribution in [0.25, 0.3) is 0 Å². The van der Waals surface area contributed by atoms with E-state index in [2.05, 4.69) is 13.8 Å². The zero-order chi connectivity index (χ0) is 19.0. The van der Waals surface area contributed by atoms with E-state index in [1.165, 1.54) is 16.8 Å². The molecular formula is C9H13N3Na2O10P2S. The van der Waals surface area contributed by atoms with Gasteiger partial charge in [0.2, 0.25) is 4.77 Å². The van der Waals surface area contributed by atoms with Crippen molar-refractivity contribution in [2.75, 3.05) is 12.3 Å². The molecule has 1 aromatic heterocycles. The molecule has 1 saturated heterocycles. The van der Waals surface area contributed by atoms with E-state index in [4.69, 9.17) is 27.6 Å². The van der Waals surface area contributed by atoms with Gasteiger partial charge in [0.15, 0.2) is 6.23 Å². The molecule has 0 amide bonds. The molecule has 142 valence electrons. The number of hydrogen-bond donors (Lipinski definition) is 4. The number of phosphoric acid groups is 2. The fraction of sp³-hybridized carbons (Fsp3) is 0.556. The third-order valence-electron chi connectivity index (χ3n) is 3.06. The third-order valence-corrected chi connectivity index (χ3v) is 5.46. The molecule has 1 aliphatic heterocycles. The van der Waals surface area contributed by atoms with E-state index in [0.717, 1.165) is 0 Å². The van der Waals surface area contributed by atoms with E-state index in [9.17, 15) is 29.1 Å². The molecule has 2 heterocycles. The molecule has 6 atom stereocenters. The first kappa shape index (κ1) is 28.2. The maximum Gasteiger partial charge on any atom is 1.00 e. The molecule has 2 unspecified atom stereocenters. The topological polar surface area (TPSA) is 212 Å². The molecule has 0 saturated carbocycles. The monoisotopic (exact) mass is 463 g/mol. The van der Waals surface area contributed by atoms with Crippen LogP contribution < -0.4 is 74.6 Å². The van der Waals surface area contributed by atoms with Crippen molar-refractivity contribution >= 4 is 33.7 Å². The van der Waals surface area contributed by atoms with Crippen LogP contribution in [0.15, 0.2) is 12.3 Å². The molecule has 0 bridgehead atoms. The fourth-order valence-electron chi connectivity index (χ4n) is 2.03. The van der Waals surface area contributed by atoms with Gasteiger partial charge in [0.05, 0.1) is 6.61 Å². The quantitative estimate of drug-likeness (QED) is 0.176. The second-order valence-corrected chi connectivity index (χ2v) is 7.99. The van der Waals surface area contributed by atoms with Gasteiger partial charge in [-0.15, -0.1) is 0 Å². The third kappa shape index (κ3) is 8.12. The van der Waals surface area contributed by atoms with Crippen molar-refractivity contribution in [1.29, 1.82) is 0 Å². The van der Waals surface area contributed by atoms with E-state index >= 15 is 0 Å². The van der Waals surface area contributed by atoms with Crippen LogP contribution in [0.3, 0.4) is 0 Å². The average molecular weight is 463 g/mol. The van der Waals surface area contributed by atoms with Gasteiger partial charge in [-0.2, -0.15) is 0 Å². The molecule has 1 aromatic rings. The minimum absolute atomic E-state index is 0. The van der Waals surface area contributed by atoms with Crippen molar-refractivity contribution in [1.82, 2.24) is 9.55 Å². The number of nitrogen functional groups attached to an aromatic ring is 1. The SMILES string of the molecule is Nc1ccn([C@@H]2O[C@H](COP(=O)([O-])OP(=O)([O-])O)[C@@H](O)[C@H]2O)c(=S)n1.[Na+].[Na+]. The van der Waals surface area contributed by atoms with Crippen LogP contribution in [0.4, 0.5) is 5.82 Å². The van der Waals surface area contributed by atoms with E-state index in [1.807, 2.05) is 0 Å². The Morgan fingerprint density at radius 3 is 2.44 bits per heavy atom. The Hall–Kier alpha value is 1.24. The van der Waals surface area contributed by atoms with Gasteiger partial charge in [0, 0.05) is 6.20 Å². The van der Waals surface area contributed by atoms with Crippen LogP contribution in [0, 0.1) is 4.77 Å². The van der Waals surface area contributed by atoms with Crippen molar-refractivity contribution in [2.24, 2.45) is 0 Å². The smallest absolute Gasteiger partial charge is 0.756 e. The number of aliphatic hydroxyl groups is 2. The van der Waals surface area contributed by atoms with Crippen LogP contribution in [-0.2, 0) is 22.7 Å². The number of phosphoric ester groups is 1. The van der Waals surface area contributed by atoms with Gasteiger partial charge in [-0.05, 0) is 18.3 Å². The fourth-order valence-corrected chi connectivity index (χ4v) is 3.83. The Balaban J connectivity index is 0.00000338. The van der Waals surface area contributed by atoms with Crippen molar-refractivity contribution in [2.45, 2.75) is 24.5 Å². The summed E-state index contributed by atoms with van der Waals surface area (Å²) in [4.78, 5) is 33.8. The van der Waals surface area contributed by atoms with E-state index in [1.54, 1.807) is 0 Å². The van der Waals surface area contributed by atoms with Gasteiger partial charge in [0.25, 0.3) is 15.6 Å². The Labute approximate surface area is 202 Å². The van der Waals surface area contributed by atoms with Crippen LogP contribution in [0.2, 0.25) is 0 Å². The zero-order valence-electron chi connectivity index (χ0n) is 14.1. The van der Waals surface area contributed by atoms with Gasteiger partial charge in [-0.1, -0.05) is 0 Å². The summed E-state index contributed by atoms with van der Waals surface area (Å²) >= 11 is 4.95. The largest absolute Gasteiger partial charge is 1.00 e. The van der Waals surface area contributed by atoms with Crippen molar-refractivity contribution in [3.8, 4) is 0 Å². The number of nitrogens with two attached hydrogens (primary N) is 1. The molecule has 1 aliphatic rings. The Morgan fingerprint density at radius 1 is 1.33 bits per heavy atom. The molecule has 27 heavy (non-hydrogen) atoms. The number of aromatic nitrogens is 2. The molecule has 0 aromatic carbocycles. The van der Waals surface area contributed by atoms with Crippen LogP contribution >= 0.6 is 27.9 Å². The zero-order valence-corrected chi connectivity index (χ0v) is 20.8. The first-order valence-electron chi connectivity index (χ1n) is 6.46. The molecule has 5 N–H and O–H groups in total. The summed E-state index contributed by atoms with van der Waals surface area (Å²) in [5.41, 5.74) is 5.45. The second kappa shape index (κ2) is 11.0. The molecule has 13 nitrogen and oxygen atoms in total. The number of ether oxygens (including phenoxy) is 1. The van der Waals surface area contributed by atoms with Crippen LogP contribution in [0.1, 0.15) is 6.23 Å². The van der Waals surface area contributed by atoms with Crippen LogP contribution in [-0.4, -0.2) is 49.6 Å². The van der Waals surface area contributed by atoms with E-state index < -0.39 is 46.8 Å². The summed E-state index contributed by atoms with van der Waals surface area (Å²) in [6.07, 6.45) is -4.39. The summed E-state index contributed by atoms with van der Waals surface area (Å²) in [5, 5.41) is 19.9. The molecule has 0 aliphatic carbocycles. The van der Waals surface area contributed by atoms with E-state index in [-0.39, 0.29) is 69.7 Å². The minimum Gasteiger partial charge on any atom is -0.756 e. The van der Waals surface area contributed by atoms with Crippen molar-refractivity contribution in [3.05, 3.63) is 17.0 Å². The number of nitrogens with zero attached hydrogens (tertiary/aromatic N) is 2. The van der Waals surface area contributed by atoms with Gasteiger partial charge in [-0.3, -0.25) is 13.7 Å². The first-order valence-corrected chi connectivity index (χ1v) is 9.83. The molecule has 0 spiro atoms.